The second-order valence-electron chi connectivity index (χ2n) is 6.84. The summed E-state index contributed by atoms with van der Waals surface area (Å²) in [4.78, 5) is 4.54. The quantitative estimate of drug-likeness (QED) is 0.519. The molecule has 0 amide bonds. The van der Waals surface area contributed by atoms with Gasteiger partial charge < -0.3 is 0 Å². The number of hydrogen-bond acceptors (Lipinski definition) is 1. The van der Waals surface area contributed by atoms with E-state index in [1.165, 1.54) is 5.57 Å². The molecule has 0 bridgehead atoms. The monoisotopic (exact) mass is 365 g/mol. The Morgan fingerprint density at radius 3 is 2.44 bits per heavy atom. The molecule has 0 N–H and O–H groups in total. The minimum absolute atomic E-state index is 0.146. The Bertz CT molecular complexity index is 1040. The number of alkyl halides is 3. The van der Waals surface area contributed by atoms with Crippen LogP contribution in [0.5, 0.6) is 0 Å². The fourth-order valence-electron chi connectivity index (χ4n) is 3.63. The first-order chi connectivity index (χ1) is 12.9. The highest BCUT2D eigenvalue weighted by Gasteiger charge is 2.30. The zero-order valence-corrected chi connectivity index (χ0v) is 14.8. The minimum atomic E-state index is -4.30. The van der Waals surface area contributed by atoms with Crippen LogP contribution in [0.3, 0.4) is 0 Å². The van der Waals surface area contributed by atoms with Crippen molar-refractivity contribution >= 4 is 10.9 Å². The van der Waals surface area contributed by atoms with Crippen molar-refractivity contribution in [3.8, 4) is 0 Å². The van der Waals surface area contributed by atoms with Crippen molar-refractivity contribution in [1.82, 2.24) is 4.98 Å². The zero-order chi connectivity index (χ0) is 19.0. The van der Waals surface area contributed by atoms with E-state index in [-0.39, 0.29) is 5.92 Å². The first kappa shape index (κ1) is 17.5. The van der Waals surface area contributed by atoms with Crippen LogP contribution in [-0.4, -0.2) is 4.98 Å². The average molecular weight is 365 g/mol. The van der Waals surface area contributed by atoms with Gasteiger partial charge in [0.15, 0.2) is 0 Å². The van der Waals surface area contributed by atoms with E-state index in [1.54, 1.807) is 18.3 Å². The summed E-state index contributed by atoms with van der Waals surface area (Å²) in [7, 11) is 0. The lowest BCUT2D eigenvalue weighted by Crippen LogP contribution is -2.04. The standard InChI is InChI=1S/C23H18F3N/c1-15-18(14-16-7-10-19(11-8-16)23(24,25)26)9-12-20(15)21-6-2-4-17-5-3-13-27-22(17)21/h2-13,20H,14H2,1H3. The van der Waals surface area contributed by atoms with Crippen molar-refractivity contribution in [2.24, 2.45) is 0 Å². The molecule has 1 aliphatic carbocycles. The van der Waals surface area contributed by atoms with Crippen molar-refractivity contribution in [2.45, 2.75) is 25.4 Å². The number of halogens is 3. The number of rotatable bonds is 3. The van der Waals surface area contributed by atoms with Crippen molar-refractivity contribution < 1.29 is 13.2 Å². The molecule has 0 radical (unpaired) electrons. The second kappa shape index (κ2) is 6.69. The molecule has 27 heavy (non-hydrogen) atoms. The van der Waals surface area contributed by atoms with Gasteiger partial charge in [0.25, 0.3) is 0 Å². The number of hydrogen-bond donors (Lipinski definition) is 0. The smallest absolute Gasteiger partial charge is 0.256 e. The summed E-state index contributed by atoms with van der Waals surface area (Å²) in [6, 6.07) is 15.6. The van der Waals surface area contributed by atoms with Crippen LogP contribution in [0.2, 0.25) is 0 Å². The SMILES string of the molecule is CC1=C(Cc2ccc(C(F)(F)F)cc2)C=CC1c1cccc2cccnc12. The topological polar surface area (TPSA) is 12.9 Å². The van der Waals surface area contributed by atoms with Crippen LogP contribution in [0.25, 0.3) is 10.9 Å². The molecule has 0 saturated carbocycles. The van der Waals surface area contributed by atoms with Gasteiger partial charge in [0.2, 0.25) is 0 Å². The van der Waals surface area contributed by atoms with E-state index >= 15 is 0 Å². The molecule has 4 rings (SSSR count). The van der Waals surface area contributed by atoms with Crippen LogP contribution in [0.15, 0.2) is 84.1 Å². The van der Waals surface area contributed by atoms with E-state index in [1.807, 2.05) is 24.3 Å². The predicted molar refractivity (Wildman–Crippen MR) is 101 cm³/mol. The molecule has 136 valence electrons. The molecule has 3 aromatic rings. The molecule has 1 heterocycles. The van der Waals surface area contributed by atoms with Crippen LogP contribution in [0, 0.1) is 0 Å². The molecule has 1 aromatic heterocycles. The van der Waals surface area contributed by atoms with Crippen LogP contribution < -0.4 is 0 Å². The Morgan fingerprint density at radius 2 is 1.70 bits per heavy atom. The van der Waals surface area contributed by atoms with Crippen LogP contribution in [0.1, 0.15) is 29.5 Å². The predicted octanol–water partition coefficient (Wildman–Crippen LogP) is 6.47. The maximum atomic E-state index is 12.7. The fourth-order valence-corrected chi connectivity index (χ4v) is 3.63. The van der Waals surface area contributed by atoms with E-state index in [4.69, 9.17) is 0 Å². The van der Waals surface area contributed by atoms with Gasteiger partial charge >= 0.3 is 6.18 Å². The van der Waals surface area contributed by atoms with Crippen molar-refractivity contribution in [3.63, 3.8) is 0 Å². The molecule has 0 aliphatic heterocycles. The van der Waals surface area contributed by atoms with Gasteiger partial charge in [0.1, 0.15) is 0 Å². The molecular formula is C23H18F3N. The van der Waals surface area contributed by atoms with Gasteiger partial charge in [-0.1, -0.05) is 54.1 Å². The highest BCUT2D eigenvalue weighted by Crippen LogP contribution is 2.38. The molecular weight excluding hydrogens is 347 g/mol. The molecule has 1 unspecified atom stereocenters. The number of fused-ring (bicyclic) bond motifs is 1. The maximum absolute atomic E-state index is 12.7. The van der Waals surface area contributed by atoms with E-state index in [2.05, 4.69) is 30.1 Å². The number of allylic oxidation sites excluding steroid dienone is 4. The second-order valence-corrected chi connectivity index (χ2v) is 6.84. The summed E-state index contributed by atoms with van der Waals surface area (Å²) < 4.78 is 38.2. The van der Waals surface area contributed by atoms with Gasteiger partial charge in [-0.25, -0.2) is 0 Å². The number of para-hydroxylation sites is 1. The first-order valence-corrected chi connectivity index (χ1v) is 8.81. The van der Waals surface area contributed by atoms with E-state index < -0.39 is 11.7 Å². The summed E-state index contributed by atoms with van der Waals surface area (Å²) in [5, 5.41) is 1.10. The van der Waals surface area contributed by atoms with E-state index in [9.17, 15) is 13.2 Å². The Balaban J connectivity index is 1.62. The lowest BCUT2D eigenvalue weighted by Gasteiger charge is -2.14. The molecule has 1 nitrogen and oxygen atoms in total. The van der Waals surface area contributed by atoms with Crippen molar-refractivity contribution in [2.75, 3.05) is 0 Å². The molecule has 0 spiro atoms. The van der Waals surface area contributed by atoms with Gasteiger partial charge in [-0.2, -0.15) is 13.2 Å². The third-order valence-corrected chi connectivity index (χ3v) is 5.14. The maximum Gasteiger partial charge on any atom is 0.416 e. The molecule has 0 saturated heterocycles. The molecule has 0 fully saturated rings. The number of nitrogens with zero attached hydrogens (tertiary/aromatic N) is 1. The highest BCUT2D eigenvalue weighted by molar-refractivity contribution is 5.83. The number of aromatic nitrogens is 1. The van der Waals surface area contributed by atoms with Gasteiger partial charge in [-0.3, -0.25) is 4.98 Å². The van der Waals surface area contributed by atoms with Gasteiger partial charge in [-0.05, 0) is 48.2 Å². The van der Waals surface area contributed by atoms with E-state index in [0.29, 0.717) is 6.42 Å². The lowest BCUT2D eigenvalue weighted by atomic mass is 9.90. The zero-order valence-electron chi connectivity index (χ0n) is 14.8. The summed E-state index contributed by atoms with van der Waals surface area (Å²) in [6.07, 6.45) is 2.35. The third kappa shape index (κ3) is 3.39. The third-order valence-electron chi connectivity index (χ3n) is 5.14. The van der Waals surface area contributed by atoms with Crippen LogP contribution in [0.4, 0.5) is 13.2 Å². The Morgan fingerprint density at radius 1 is 0.963 bits per heavy atom. The van der Waals surface area contributed by atoms with E-state index in [0.717, 1.165) is 39.7 Å². The summed E-state index contributed by atoms with van der Waals surface area (Å²) in [6.45, 7) is 2.09. The molecule has 4 heteroatoms. The minimum Gasteiger partial charge on any atom is -0.256 e. The lowest BCUT2D eigenvalue weighted by molar-refractivity contribution is -0.137. The van der Waals surface area contributed by atoms with Crippen LogP contribution >= 0.6 is 0 Å². The number of pyridine rings is 1. The summed E-state index contributed by atoms with van der Waals surface area (Å²) in [5.74, 6) is 0.146. The first-order valence-electron chi connectivity index (χ1n) is 8.81. The Kier molecular flexibility index (Phi) is 4.34. The van der Waals surface area contributed by atoms with Gasteiger partial charge in [-0.15, -0.1) is 0 Å². The fraction of sp³-hybridized carbons (Fsp3) is 0.174. The van der Waals surface area contributed by atoms with Gasteiger partial charge in [0.05, 0.1) is 11.1 Å². The van der Waals surface area contributed by atoms with Crippen molar-refractivity contribution in [1.29, 1.82) is 0 Å². The summed E-state index contributed by atoms with van der Waals surface area (Å²) >= 11 is 0. The molecule has 2 aromatic carbocycles. The summed E-state index contributed by atoms with van der Waals surface area (Å²) in [5.41, 5.74) is 4.77. The highest BCUT2D eigenvalue weighted by atomic mass is 19.4. The Labute approximate surface area is 155 Å². The largest absolute Gasteiger partial charge is 0.416 e. The van der Waals surface area contributed by atoms with Gasteiger partial charge in [0, 0.05) is 17.5 Å². The Hall–Kier alpha value is -2.88. The normalized spacial score (nSPS) is 17.1. The number of benzene rings is 2. The molecule has 1 aliphatic rings. The van der Waals surface area contributed by atoms with Crippen molar-refractivity contribution in [3.05, 3.63) is 101 Å². The molecule has 1 atom stereocenters. The van der Waals surface area contributed by atoms with Crippen LogP contribution in [-0.2, 0) is 12.6 Å². The average Bonchev–Trinajstić information content (AvgIpc) is 3.01.